The number of nitrogens with one attached hydrogen (secondary N) is 2. The number of rotatable bonds is 9. The molecule has 0 aliphatic heterocycles. The van der Waals surface area contributed by atoms with Crippen molar-refractivity contribution in [3.05, 3.63) is 69.0 Å². The molecule has 0 bridgehead atoms. The number of benzene rings is 2. The van der Waals surface area contributed by atoms with Crippen LogP contribution in [0.4, 0.5) is 17.1 Å². The monoisotopic (exact) mass is 488 g/mol. The van der Waals surface area contributed by atoms with Crippen LogP contribution in [0.2, 0.25) is 5.02 Å². The van der Waals surface area contributed by atoms with Gasteiger partial charge in [0.25, 0.3) is 5.69 Å². The molecule has 2 N–H and O–H groups in total. The number of aromatic nitrogens is 3. The van der Waals surface area contributed by atoms with Gasteiger partial charge < -0.3 is 15.2 Å². The second kappa shape index (κ2) is 10.9. The lowest BCUT2D eigenvalue weighted by Crippen LogP contribution is -2.18. The molecule has 3 aromatic rings. The van der Waals surface area contributed by atoms with Gasteiger partial charge in [0.2, 0.25) is 11.8 Å². The highest BCUT2D eigenvalue weighted by Gasteiger charge is 2.16. The number of nitro groups is 1. The van der Waals surface area contributed by atoms with E-state index in [2.05, 4.69) is 20.8 Å². The van der Waals surface area contributed by atoms with Gasteiger partial charge in [-0.15, -0.1) is 10.2 Å². The number of carbonyl (C=O) groups is 2. The quantitative estimate of drug-likeness (QED) is 0.263. The van der Waals surface area contributed by atoms with E-state index in [0.717, 1.165) is 5.56 Å². The summed E-state index contributed by atoms with van der Waals surface area (Å²) in [6.07, 6.45) is 0.0158. The molecule has 0 saturated heterocycles. The second-order valence-electron chi connectivity index (χ2n) is 6.97. The number of halogens is 1. The van der Waals surface area contributed by atoms with Gasteiger partial charge in [0, 0.05) is 35.1 Å². The number of hydrogen-bond acceptors (Lipinski definition) is 7. The van der Waals surface area contributed by atoms with Crippen molar-refractivity contribution in [2.45, 2.75) is 32.0 Å². The molecule has 12 heteroatoms. The van der Waals surface area contributed by atoms with Crippen LogP contribution in [0.25, 0.3) is 0 Å². The van der Waals surface area contributed by atoms with Crippen molar-refractivity contribution < 1.29 is 14.5 Å². The summed E-state index contributed by atoms with van der Waals surface area (Å²) in [5.74, 6) is -0.0190. The maximum Gasteiger partial charge on any atom is 0.269 e. The van der Waals surface area contributed by atoms with Gasteiger partial charge in [0.15, 0.2) is 5.16 Å². The third kappa shape index (κ3) is 6.53. The SMILES string of the molecule is CCn1c(CC(=O)Nc2ccc(C)c(Cl)c2)nnc1SCC(=O)Nc1ccc([N+](=O)[O-])cc1. The van der Waals surface area contributed by atoms with E-state index in [-0.39, 0.29) is 29.7 Å². The normalized spacial score (nSPS) is 10.6. The van der Waals surface area contributed by atoms with Crippen molar-refractivity contribution in [3.8, 4) is 0 Å². The number of nitro benzene ring substituents is 1. The van der Waals surface area contributed by atoms with Gasteiger partial charge in [-0.05, 0) is 43.7 Å². The lowest BCUT2D eigenvalue weighted by atomic mass is 10.2. The molecule has 0 radical (unpaired) electrons. The summed E-state index contributed by atoms with van der Waals surface area (Å²) in [5.41, 5.74) is 1.91. The number of non-ortho nitro benzene ring substituents is 1. The molecule has 0 unspecified atom stereocenters. The van der Waals surface area contributed by atoms with Gasteiger partial charge in [0.1, 0.15) is 5.82 Å². The Morgan fingerprint density at radius 3 is 2.39 bits per heavy atom. The van der Waals surface area contributed by atoms with Crippen LogP contribution < -0.4 is 10.6 Å². The highest BCUT2D eigenvalue weighted by molar-refractivity contribution is 7.99. The van der Waals surface area contributed by atoms with Gasteiger partial charge in [-0.1, -0.05) is 29.4 Å². The molecule has 2 aromatic carbocycles. The predicted octanol–water partition coefficient (Wildman–Crippen LogP) is 4.08. The Labute approximate surface area is 198 Å². The summed E-state index contributed by atoms with van der Waals surface area (Å²) >= 11 is 7.28. The van der Waals surface area contributed by atoms with Crippen molar-refractivity contribution in [2.75, 3.05) is 16.4 Å². The molecule has 0 spiro atoms. The van der Waals surface area contributed by atoms with Crippen LogP contribution in [0.5, 0.6) is 0 Å². The first kappa shape index (κ1) is 24.2. The summed E-state index contributed by atoms with van der Waals surface area (Å²) in [5, 5.41) is 25.5. The smallest absolute Gasteiger partial charge is 0.269 e. The third-order valence-electron chi connectivity index (χ3n) is 4.58. The van der Waals surface area contributed by atoms with Crippen molar-refractivity contribution >= 4 is 52.2 Å². The minimum atomic E-state index is -0.507. The fourth-order valence-electron chi connectivity index (χ4n) is 2.89. The minimum Gasteiger partial charge on any atom is -0.326 e. The van der Waals surface area contributed by atoms with Crippen LogP contribution in [-0.4, -0.2) is 37.3 Å². The molecule has 1 aromatic heterocycles. The third-order valence-corrected chi connectivity index (χ3v) is 5.95. The molecule has 1 heterocycles. The Kier molecular flexibility index (Phi) is 8.01. The summed E-state index contributed by atoms with van der Waals surface area (Å²) in [4.78, 5) is 34.9. The first-order valence-electron chi connectivity index (χ1n) is 9.92. The number of nitrogens with zero attached hydrogens (tertiary/aromatic N) is 4. The van der Waals surface area contributed by atoms with Crippen molar-refractivity contribution in [1.82, 2.24) is 14.8 Å². The first-order chi connectivity index (χ1) is 15.8. The van der Waals surface area contributed by atoms with Crippen molar-refractivity contribution in [2.24, 2.45) is 0 Å². The Hall–Kier alpha value is -3.44. The summed E-state index contributed by atoms with van der Waals surface area (Å²) in [7, 11) is 0. The van der Waals surface area contributed by atoms with Gasteiger partial charge in [-0.25, -0.2) is 0 Å². The van der Waals surface area contributed by atoms with Gasteiger partial charge in [-0.3, -0.25) is 19.7 Å². The zero-order chi connectivity index (χ0) is 24.0. The molecule has 0 saturated carbocycles. The van der Waals surface area contributed by atoms with E-state index < -0.39 is 4.92 Å². The summed E-state index contributed by atoms with van der Waals surface area (Å²) in [6, 6.07) is 10.8. The number of amides is 2. The van der Waals surface area contributed by atoms with Gasteiger partial charge >= 0.3 is 0 Å². The Morgan fingerprint density at radius 2 is 1.76 bits per heavy atom. The standard InChI is InChI=1S/C21H21ClN6O4S/c1-3-27-18(11-19(29)24-15-5-4-13(2)17(22)10-15)25-26-21(27)33-12-20(30)23-14-6-8-16(9-7-14)28(31)32/h4-10H,3,11-12H2,1-2H3,(H,23,30)(H,24,29). The lowest BCUT2D eigenvalue weighted by molar-refractivity contribution is -0.384. The minimum absolute atomic E-state index is 0.0158. The van der Waals surface area contributed by atoms with Gasteiger partial charge in [-0.2, -0.15) is 0 Å². The fraction of sp³-hybridized carbons (Fsp3) is 0.238. The van der Waals surface area contributed by atoms with Crippen LogP contribution in [0.15, 0.2) is 47.6 Å². The molecule has 3 rings (SSSR count). The molecule has 10 nitrogen and oxygen atoms in total. The predicted molar refractivity (Wildman–Crippen MR) is 127 cm³/mol. The number of hydrogen-bond donors (Lipinski definition) is 2. The molecule has 33 heavy (non-hydrogen) atoms. The van der Waals surface area contributed by atoms with Crippen LogP contribution >= 0.6 is 23.4 Å². The van der Waals surface area contributed by atoms with E-state index in [0.29, 0.717) is 33.9 Å². The molecule has 0 atom stereocenters. The topological polar surface area (TPSA) is 132 Å². The number of anilines is 2. The Balaban J connectivity index is 1.57. The number of thioether (sulfide) groups is 1. The highest BCUT2D eigenvalue weighted by Crippen LogP contribution is 2.21. The second-order valence-corrected chi connectivity index (χ2v) is 8.32. The fourth-order valence-corrected chi connectivity index (χ4v) is 3.89. The zero-order valence-corrected chi connectivity index (χ0v) is 19.4. The van der Waals surface area contributed by atoms with Crippen molar-refractivity contribution in [3.63, 3.8) is 0 Å². The molecule has 0 aliphatic carbocycles. The first-order valence-corrected chi connectivity index (χ1v) is 11.3. The highest BCUT2D eigenvalue weighted by atomic mass is 35.5. The van der Waals surface area contributed by atoms with Gasteiger partial charge in [0.05, 0.1) is 17.1 Å². The van der Waals surface area contributed by atoms with E-state index in [9.17, 15) is 19.7 Å². The van der Waals surface area contributed by atoms with Crippen LogP contribution in [-0.2, 0) is 22.6 Å². The van der Waals surface area contributed by atoms with E-state index in [1.165, 1.54) is 36.0 Å². The maximum atomic E-state index is 12.4. The molecule has 0 aliphatic rings. The average molecular weight is 489 g/mol. The van der Waals surface area contributed by atoms with Crippen molar-refractivity contribution in [1.29, 1.82) is 0 Å². The number of aryl methyl sites for hydroxylation is 1. The summed E-state index contributed by atoms with van der Waals surface area (Å²) in [6.45, 7) is 4.30. The molecule has 2 amide bonds. The van der Waals surface area contributed by atoms with E-state index in [4.69, 9.17) is 11.6 Å². The van der Waals surface area contributed by atoms with E-state index in [1.807, 2.05) is 19.9 Å². The van der Waals surface area contributed by atoms with E-state index >= 15 is 0 Å². The average Bonchev–Trinajstić information content (AvgIpc) is 3.16. The van der Waals surface area contributed by atoms with Crippen LogP contribution in [0, 0.1) is 17.0 Å². The van der Waals surface area contributed by atoms with E-state index in [1.54, 1.807) is 16.7 Å². The molecule has 0 fully saturated rings. The molecular formula is C21H21ClN6O4S. The Morgan fingerprint density at radius 1 is 1.09 bits per heavy atom. The van der Waals surface area contributed by atoms with Crippen LogP contribution in [0.3, 0.4) is 0 Å². The lowest BCUT2D eigenvalue weighted by Gasteiger charge is -2.09. The number of carbonyl (C=O) groups excluding carboxylic acids is 2. The Bertz CT molecular complexity index is 1180. The van der Waals surface area contributed by atoms with Crippen LogP contribution in [0.1, 0.15) is 18.3 Å². The maximum absolute atomic E-state index is 12.4. The zero-order valence-electron chi connectivity index (χ0n) is 17.9. The summed E-state index contributed by atoms with van der Waals surface area (Å²) < 4.78 is 1.77. The molecule has 172 valence electrons. The largest absolute Gasteiger partial charge is 0.326 e. The molecular weight excluding hydrogens is 468 g/mol.